The van der Waals surface area contributed by atoms with E-state index in [2.05, 4.69) is 40.5 Å². The third-order valence-electron chi connectivity index (χ3n) is 6.27. The number of carbonyl (C=O) groups excluding carboxylic acids is 1. The van der Waals surface area contributed by atoms with Crippen LogP contribution in [0.15, 0.2) is 47.3 Å². The topological polar surface area (TPSA) is 63.6 Å². The van der Waals surface area contributed by atoms with Crippen LogP contribution in [0.4, 0.5) is 5.69 Å². The summed E-state index contributed by atoms with van der Waals surface area (Å²) in [5, 5.41) is 2.75. The van der Waals surface area contributed by atoms with Gasteiger partial charge in [-0.25, -0.2) is 0 Å². The fourth-order valence-electron chi connectivity index (χ4n) is 4.88. The van der Waals surface area contributed by atoms with Crippen LogP contribution in [0.2, 0.25) is 0 Å². The van der Waals surface area contributed by atoms with Crippen LogP contribution in [0.1, 0.15) is 36.4 Å². The van der Waals surface area contributed by atoms with Crippen molar-refractivity contribution >= 4 is 11.6 Å². The highest BCUT2D eigenvalue weighted by Gasteiger charge is 2.34. The molecule has 1 N–H and O–H groups in total. The Kier molecular flexibility index (Phi) is 6.65. The summed E-state index contributed by atoms with van der Waals surface area (Å²) in [6, 6.07) is 14.5. The van der Waals surface area contributed by atoms with Gasteiger partial charge in [-0.2, -0.15) is 0 Å². The van der Waals surface area contributed by atoms with Gasteiger partial charge < -0.3 is 19.5 Å². The summed E-state index contributed by atoms with van der Waals surface area (Å²) in [5.74, 6) is 0.695. The summed E-state index contributed by atoms with van der Waals surface area (Å²) in [6.07, 6.45) is 3.66. The molecule has 2 aliphatic rings. The van der Waals surface area contributed by atoms with E-state index in [4.69, 9.17) is 4.74 Å². The third kappa shape index (κ3) is 4.82. The van der Waals surface area contributed by atoms with Crippen LogP contribution in [-0.4, -0.2) is 48.7 Å². The first-order valence-electron chi connectivity index (χ1n) is 10.9. The molecule has 2 aromatic rings. The quantitative estimate of drug-likeness (QED) is 0.728. The number of ether oxygens (including phenoxy) is 1. The van der Waals surface area contributed by atoms with Crippen molar-refractivity contribution in [1.82, 2.24) is 9.47 Å². The molecule has 6 nitrogen and oxygen atoms in total. The van der Waals surface area contributed by atoms with Gasteiger partial charge in [0.25, 0.3) is 5.56 Å². The normalized spacial score (nSPS) is 20.6. The minimum absolute atomic E-state index is 0.0782. The minimum Gasteiger partial charge on any atom is -0.384 e. The van der Waals surface area contributed by atoms with Crippen molar-refractivity contribution in [3.8, 4) is 0 Å². The van der Waals surface area contributed by atoms with Crippen molar-refractivity contribution in [3.63, 3.8) is 0 Å². The monoisotopic (exact) mass is 409 g/mol. The van der Waals surface area contributed by atoms with E-state index in [1.807, 2.05) is 10.6 Å². The lowest BCUT2D eigenvalue weighted by Gasteiger charge is -2.43. The van der Waals surface area contributed by atoms with Crippen molar-refractivity contribution in [3.05, 3.63) is 64.1 Å². The second-order valence-electron chi connectivity index (χ2n) is 8.53. The highest BCUT2D eigenvalue weighted by Crippen LogP contribution is 2.35. The number of likely N-dealkylation sites (tertiary alicyclic amines) is 1. The molecule has 0 spiro atoms. The lowest BCUT2D eigenvalue weighted by molar-refractivity contribution is -0.117. The summed E-state index contributed by atoms with van der Waals surface area (Å²) in [4.78, 5) is 27.5. The van der Waals surface area contributed by atoms with Crippen LogP contribution < -0.4 is 10.9 Å². The predicted molar refractivity (Wildman–Crippen MR) is 118 cm³/mol. The minimum atomic E-state index is -0.185. The number of anilines is 1. The van der Waals surface area contributed by atoms with E-state index in [0.717, 1.165) is 51.1 Å². The molecule has 0 saturated carbocycles. The molecule has 6 heteroatoms. The maximum atomic E-state index is 13.0. The maximum absolute atomic E-state index is 13.0. The second kappa shape index (κ2) is 9.58. The number of aromatic nitrogens is 1. The predicted octanol–water partition coefficient (Wildman–Crippen LogP) is 2.88. The Labute approximate surface area is 177 Å². The fraction of sp³-hybridized carbons (Fsp3) is 0.500. The first kappa shape index (κ1) is 20.8. The number of fused-ring (bicyclic) bond motifs is 4. The fourth-order valence-corrected chi connectivity index (χ4v) is 4.88. The lowest BCUT2D eigenvalue weighted by atomic mass is 9.83. The summed E-state index contributed by atoms with van der Waals surface area (Å²) in [7, 11) is 1.56. The van der Waals surface area contributed by atoms with Crippen LogP contribution in [0, 0.1) is 5.92 Å². The summed E-state index contributed by atoms with van der Waals surface area (Å²) in [5.41, 5.74) is 2.80. The van der Waals surface area contributed by atoms with Crippen molar-refractivity contribution < 1.29 is 9.53 Å². The molecular formula is C24H31N3O3. The molecule has 0 unspecified atom stereocenters. The average molecular weight is 410 g/mol. The van der Waals surface area contributed by atoms with E-state index >= 15 is 0 Å². The Bertz CT molecular complexity index is 925. The molecule has 0 aliphatic carbocycles. The van der Waals surface area contributed by atoms with Gasteiger partial charge in [0.2, 0.25) is 5.91 Å². The van der Waals surface area contributed by atoms with E-state index in [9.17, 15) is 9.59 Å². The number of pyridine rings is 1. The van der Waals surface area contributed by atoms with E-state index in [1.54, 1.807) is 13.2 Å². The Morgan fingerprint density at radius 1 is 1.13 bits per heavy atom. The van der Waals surface area contributed by atoms with Crippen LogP contribution in [0.5, 0.6) is 0 Å². The van der Waals surface area contributed by atoms with Gasteiger partial charge in [-0.05, 0) is 49.4 Å². The van der Waals surface area contributed by atoms with E-state index in [1.165, 1.54) is 5.56 Å². The molecule has 160 valence electrons. The van der Waals surface area contributed by atoms with Gasteiger partial charge in [0.05, 0.1) is 13.0 Å². The summed E-state index contributed by atoms with van der Waals surface area (Å²) >= 11 is 0. The smallest absolute Gasteiger partial charge is 0.274 e. The lowest BCUT2D eigenvalue weighted by Crippen LogP contribution is -2.47. The molecule has 30 heavy (non-hydrogen) atoms. The van der Waals surface area contributed by atoms with Crippen LogP contribution >= 0.6 is 0 Å². The Morgan fingerprint density at radius 2 is 1.97 bits per heavy atom. The molecule has 3 heterocycles. The average Bonchev–Trinajstić information content (AvgIpc) is 2.75. The van der Waals surface area contributed by atoms with Crippen molar-refractivity contribution in [2.24, 2.45) is 5.92 Å². The zero-order chi connectivity index (χ0) is 20.9. The molecule has 1 aromatic carbocycles. The molecule has 1 fully saturated rings. The number of carbonyl (C=O) groups is 1. The van der Waals surface area contributed by atoms with Crippen molar-refractivity contribution in [2.45, 2.75) is 38.1 Å². The van der Waals surface area contributed by atoms with Gasteiger partial charge in [-0.1, -0.05) is 30.3 Å². The number of nitrogens with one attached hydrogen (secondary N) is 1. The van der Waals surface area contributed by atoms with E-state index in [-0.39, 0.29) is 17.9 Å². The SMILES string of the molecule is COCCC(=O)Nc1ccc2n(c1=O)C[C@H]1C[C@@H]2CN(CCCc2ccccc2)C1. The molecule has 1 aromatic heterocycles. The van der Waals surface area contributed by atoms with Gasteiger partial charge in [0.15, 0.2) is 0 Å². The number of aryl methyl sites for hydroxylation is 1. The standard InChI is InChI=1S/C24H31N3O3/c1-30-13-11-23(28)25-21-9-10-22-20-14-19(16-27(22)24(21)29)15-26(17-20)12-5-8-18-6-3-2-4-7-18/h2-4,6-7,9-10,19-20H,5,8,11-17H2,1H3,(H,25,28)/t19-,20+/m0/s1. The Morgan fingerprint density at radius 3 is 2.77 bits per heavy atom. The summed E-state index contributed by atoms with van der Waals surface area (Å²) in [6.45, 7) is 4.23. The molecule has 4 rings (SSSR count). The number of methoxy groups -OCH3 is 1. The first-order chi connectivity index (χ1) is 14.6. The number of benzene rings is 1. The highest BCUT2D eigenvalue weighted by atomic mass is 16.5. The molecule has 1 amide bonds. The van der Waals surface area contributed by atoms with Crippen LogP contribution in [0.25, 0.3) is 0 Å². The molecule has 1 saturated heterocycles. The van der Waals surface area contributed by atoms with Crippen molar-refractivity contribution in [1.29, 1.82) is 0 Å². The van der Waals surface area contributed by atoms with E-state index in [0.29, 0.717) is 24.1 Å². The second-order valence-corrected chi connectivity index (χ2v) is 8.53. The number of hydrogen-bond acceptors (Lipinski definition) is 4. The zero-order valence-corrected chi connectivity index (χ0v) is 17.7. The molecule has 2 atom stereocenters. The van der Waals surface area contributed by atoms with Gasteiger partial charge in [0.1, 0.15) is 5.69 Å². The largest absolute Gasteiger partial charge is 0.384 e. The number of nitrogens with zero attached hydrogens (tertiary/aromatic N) is 2. The molecular weight excluding hydrogens is 378 g/mol. The molecule has 2 aliphatic heterocycles. The maximum Gasteiger partial charge on any atom is 0.274 e. The number of rotatable bonds is 8. The van der Waals surface area contributed by atoms with Gasteiger partial charge >= 0.3 is 0 Å². The first-order valence-corrected chi connectivity index (χ1v) is 10.9. The van der Waals surface area contributed by atoms with Crippen LogP contribution in [0.3, 0.4) is 0 Å². The Balaban J connectivity index is 1.39. The number of amides is 1. The van der Waals surface area contributed by atoms with Gasteiger partial charge in [-0.3, -0.25) is 9.59 Å². The molecule has 2 bridgehead atoms. The van der Waals surface area contributed by atoms with Gasteiger partial charge in [-0.15, -0.1) is 0 Å². The van der Waals surface area contributed by atoms with E-state index < -0.39 is 0 Å². The third-order valence-corrected chi connectivity index (χ3v) is 6.27. The van der Waals surface area contributed by atoms with Crippen molar-refractivity contribution in [2.75, 3.05) is 38.7 Å². The zero-order valence-electron chi connectivity index (χ0n) is 17.7. The Hall–Kier alpha value is -2.44. The number of piperidine rings is 1. The molecule has 0 radical (unpaired) electrons. The van der Waals surface area contributed by atoms with Crippen LogP contribution in [-0.2, 0) is 22.5 Å². The van der Waals surface area contributed by atoms with Gasteiger partial charge in [0, 0.05) is 38.4 Å². The highest BCUT2D eigenvalue weighted by molar-refractivity contribution is 5.90. The summed E-state index contributed by atoms with van der Waals surface area (Å²) < 4.78 is 6.83. The number of hydrogen-bond donors (Lipinski definition) is 1.